The van der Waals surface area contributed by atoms with Crippen molar-refractivity contribution in [3.05, 3.63) is 24.0 Å². The third-order valence-electron chi connectivity index (χ3n) is 4.28. The Hall–Kier alpha value is -1.09. The second-order valence-corrected chi connectivity index (χ2v) is 4.99. The van der Waals surface area contributed by atoms with E-state index in [0.717, 1.165) is 17.9 Å². The lowest BCUT2D eigenvalue weighted by Crippen LogP contribution is -2.32. The zero-order valence-electron chi connectivity index (χ0n) is 10.8. The monoisotopic (exact) mass is 234 g/mol. The Labute approximate surface area is 103 Å². The van der Waals surface area contributed by atoms with Crippen LogP contribution in [0, 0.1) is 5.41 Å². The number of hydrogen-bond donors (Lipinski definition) is 1. The number of nitrogens with zero attached hydrogens (tertiary/aromatic N) is 1. The Kier molecular flexibility index (Phi) is 3.67. The van der Waals surface area contributed by atoms with E-state index in [1.165, 1.54) is 25.7 Å². The lowest BCUT2D eigenvalue weighted by Gasteiger charge is -2.34. The van der Waals surface area contributed by atoms with Crippen LogP contribution in [0.15, 0.2) is 18.3 Å². The summed E-state index contributed by atoms with van der Waals surface area (Å²) in [6, 6.07) is 3.83. The molecule has 3 heteroatoms. The average molecular weight is 234 g/mol. The third-order valence-corrected chi connectivity index (χ3v) is 4.28. The normalized spacial score (nSPS) is 20.2. The van der Waals surface area contributed by atoms with Gasteiger partial charge in [-0.1, -0.05) is 19.8 Å². The summed E-state index contributed by atoms with van der Waals surface area (Å²) in [4.78, 5) is 4.44. The van der Waals surface area contributed by atoms with Crippen molar-refractivity contribution in [2.75, 3.05) is 7.11 Å². The molecule has 1 heterocycles. The Morgan fingerprint density at radius 1 is 1.47 bits per heavy atom. The summed E-state index contributed by atoms with van der Waals surface area (Å²) in [6.07, 6.45) is 7.92. The van der Waals surface area contributed by atoms with Crippen molar-refractivity contribution in [1.29, 1.82) is 0 Å². The van der Waals surface area contributed by atoms with E-state index >= 15 is 0 Å². The summed E-state index contributed by atoms with van der Waals surface area (Å²) in [5, 5.41) is 0. The summed E-state index contributed by atoms with van der Waals surface area (Å²) in [5.41, 5.74) is 7.62. The lowest BCUT2D eigenvalue weighted by molar-refractivity contribution is 0.214. The van der Waals surface area contributed by atoms with Crippen molar-refractivity contribution >= 4 is 0 Å². The molecule has 2 rings (SSSR count). The highest BCUT2D eigenvalue weighted by Crippen LogP contribution is 2.49. The fourth-order valence-electron chi connectivity index (χ4n) is 3.06. The van der Waals surface area contributed by atoms with Crippen LogP contribution in [0.2, 0.25) is 0 Å². The number of ether oxygens (including phenoxy) is 1. The molecule has 1 atom stereocenters. The number of aromatic nitrogens is 1. The molecular formula is C14H22N2O. The van der Waals surface area contributed by atoms with Crippen molar-refractivity contribution in [2.24, 2.45) is 11.1 Å². The van der Waals surface area contributed by atoms with E-state index in [1.54, 1.807) is 13.3 Å². The second-order valence-electron chi connectivity index (χ2n) is 4.99. The van der Waals surface area contributed by atoms with Gasteiger partial charge >= 0.3 is 0 Å². The van der Waals surface area contributed by atoms with Gasteiger partial charge in [0.2, 0.25) is 0 Å². The molecule has 0 saturated heterocycles. The summed E-state index contributed by atoms with van der Waals surface area (Å²) in [6.45, 7) is 2.24. The molecule has 17 heavy (non-hydrogen) atoms. The van der Waals surface area contributed by atoms with Gasteiger partial charge in [-0.2, -0.15) is 0 Å². The molecule has 2 N–H and O–H groups in total. The highest BCUT2D eigenvalue weighted by atomic mass is 16.5. The van der Waals surface area contributed by atoms with Crippen molar-refractivity contribution in [3.8, 4) is 5.75 Å². The molecule has 0 amide bonds. The van der Waals surface area contributed by atoms with Gasteiger partial charge in [0.15, 0.2) is 0 Å². The first-order chi connectivity index (χ1) is 8.23. The SMILES string of the molecule is CCC1(C(N)c2ncccc2OC)CCCC1. The Morgan fingerprint density at radius 2 is 2.18 bits per heavy atom. The highest BCUT2D eigenvalue weighted by molar-refractivity contribution is 5.31. The molecule has 1 aliphatic carbocycles. The summed E-state index contributed by atoms with van der Waals surface area (Å²) in [5.74, 6) is 0.819. The Balaban J connectivity index is 2.32. The Bertz CT molecular complexity index is 372. The van der Waals surface area contributed by atoms with Gasteiger partial charge in [0, 0.05) is 6.20 Å². The molecule has 3 nitrogen and oxygen atoms in total. The molecule has 0 bridgehead atoms. The predicted octanol–water partition coefficient (Wildman–Crippen LogP) is 3.06. The number of pyridine rings is 1. The van der Waals surface area contributed by atoms with E-state index in [4.69, 9.17) is 10.5 Å². The summed E-state index contributed by atoms with van der Waals surface area (Å²) in [7, 11) is 1.68. The lowest BCUT2D eigenvalue weighted by atomic mass is 9.75. The maximum absolute atomic E-state index is 6.48. The topological polar surface area (TPSA) is 48.1 Å². The van der Waals surface area contributed by atoms with Crippen LogP contribution in [-0.2, 0) is 0 Å². The maximum Gasteiger partial charge on any atom is 0.141 e. The van der Waals surface area contributed by atoms with Crippen LogP contribution in [0.4, 0.5) is 0 Å². The molecule has 1 saturated carbocycles. The number of hydrogen-bond acceptors (Lipinski definition) is 3. The highest BCUT2D eigenvalue weighted by Gasteiger charge is 2.40. The van der Waals surface area contributed by atoms with Crippen LogP contribution in [0.25, 0.3) is 0 Å². The van der Waals surface area contributed by atoms with E-state index in [9.17, 15) is 0 Å². The van der Waals surface area contributed by atoms with Gasteiger partial charge < -0.3 is 10.5 Å². The van der Waals surface area contributed by atoms with Gasteiger partial charge in [-0.05, 0) is 36.8 Å². The van der Waals surface area contributed by atoms with Crippen molar-refractivity contribution in [3.63, 3.8) is 0 Å². The van der Waals surface area contributed by atoms with Crippen LogP contribution >= 0.6 is 0 Å². The van der Waals surface area contributed by atoms with E-state index < -0.39 is 0 Å². The first kappa shape index (κ1) is 12.4. The summed E-state index contributed by atoms with van der Waals surface area (Å²) >= 11 is 0. The standard InChI is InChI=1S/C14H22N2O/c1-3-14(8-4-5-9-14)13(15)12-11(17-2)7-6-10-16-12/h6-7,10,13H,3-5,8-9,15H2,1-2H3. The van der Waals surface area contributed by atoms with Crippen molar-refractivity contribution in [1.82, 2.24) is 4.98 Å². The zero-order valence-corrected chi connectivity index (χ0v) is 10.8. The van der Waals surface area contributed by atoms with Gasteiger partial charge in [-0.15, -0.1) is 0 Å². The number of methoxy groups -OCH3 is 1. The van der Waals surface area contributed by atoms with Crippen LogP contribution in [0.1, 0.15) is 50.8 Å². The molecule has 1 aromatic heterocycles. The van der Waals surface area contributed by atoms with E-state index in [-0.39, 0.29) is 11.5 Å². The molecule has 0 aromatic carbocycles. The molecule has 1 unspecified atom stereocenters. The smallest absolute Gasteiger partial charge is 0.141 e. The molecule has 1 aromatic rings. The predicted molar refractivity (Wildman–Crippen MR) is 68.9 cm³/mol. The molecule has 0 aliphatic heterocycles. The first-order valence-corrected chi connectivity index (χ1v) is 6.48. The van der Waals surface area contributed by atoms with Gasteiger partial charge in [-0.3, -0.25) is 4.98 Å². The summed E-state index contributed by atoms with van der Waals surface area (Å²) < 4.78 is 5.37. The molecule has 1 fully saturated rings. The molecule has 1 aliphatic rings. The molecule has 0 spiro atoms. The van der Waals surface area contributed by atoms with Crippen LogP contribution < -0.4 is 10.5 Å². The van der Waals surface area contributed by atoms with Gasteiger partial charge in [0.1, 0.15) is 5.75 Å². The van der Waals surface area contributed by atoms with Gasteiger partial charge in [0.25, 0.3) is 0 Å². The van der Waals surface area contributed by atoms with Crippen molar-refractivity contribution < 1.29 is 4.74 Å². The molecule has 94 valence electrons. The molecule has 0 radical (unpaired) electrons. The van der Waals surface area contributed by atoms with Crippen molar-refractivity contribution in [2.45, 2.75) is 45.1 Å². The largest absolute Gasteiger partial charge is 0.495 e. The fraction of sp³-hybridized carbons (Fsp3) is 0.643. The fourth-order valence-corrected chi connectivity index (χ4v) is 3.06. The second kappa shape index (κ2) is 5.05. The van der Waals surface area contributed by atoms with Gasteiger partial charge in [-0.25, -0.2) is 0 Å². The minimum Gasteiger partial charge on any atom is -0.495 e. The Morgan fingerprint density at radius 3 is 2.76 bits per heavy atom. The number of nitrogens with two attached hydrogens (primary N) is 1. The minimum absolute atomic E-state index is 0.00819. The van der Waals surface area contributed by atoms with E-state index in [2.05, 4.69) is 11.9 Å². The van der Waals surface area contributed by atoms with Crippen LogP contribution in [0.3, 0.4) is 0 Å². The third kappa shape index (κ3) is 2.16. The number of rotatable bonds is 4. The van der Waals surface area contributed by atoms with Gasteiger partial charge in [0.05, 0.1) is 18.8 Å². The van der Waals surface area contributed by atoms with Crippen LogP contribution in [0.5, 0.6) is 5.75 Å². The average Bonchev–Trinajstić information content (AvgIpc) is 2.88. The quantitative estimate of drug-likeness (QED) is 0.871. The van der Waals surface area contributed by atoms with Crippen LogP contribution in [-0.4, -0.2) is 12.1 Å². The first-order valence-electron chi connectivity index (χ1n) is 6.48. The van der Waals surface area contributed by atoms with E-state index in [1.807, 2.05) is 12.1 Å². The zero-order chi connectivity index (χ0) is 12.3. The minimum atomic E-state index is -0.00819. The maximum atomic E-state index is 6.48. The molecular weight excluding hydrogens is 212 g/mol. The van der Waals surface area contributed by atoms with E-state index in [0.29, 0.717) is 0 Å².